The molecule has 1 aromatic rings. The summed E-state index contributed by atoms with van der Waals surface area (Å²) in [4.78, 5) is 7.91. The van der Waals surface area contributed by atoms with Crippen molar-refractivity contribution in [3.05, 3.63) is 16.0 Å². The van der Waals surface area contributed by atoms with Crippen molar-refractivity contribution in [2.45, 2.75) is 31.3 Å². The van der Waals surface area contributed by atoms with Crippen LogP contribution in [0.4, 0.5) is 5.82 Å². The smallest absolute Gasteiger partial charge is 0.148 e. The van der Waals surface area contributed by atoms with Crippen LogP contribution >= 0.6 is 27.5 Å². The molecule has 1 heterocycles. The van der Waals surface area contributed by atoms with Crippen molar-refractivity contribution < 1.29 is 5.11 Å². The van der Waals surface area contributed by atoms with E-state index in [4.69, 9.17) is 11.6 Å². The number of nitrogens with zero attached hydrogens (tertiary/aromatic N) is 2. The number of rotatable bonds is 3. The van der Waals surface area contributed by atoms with Crippen LogP contribution < -0.4 is 5.32 Å². The minimum Gasteiger partial charge on any atom is -0.388 e. The summed E-state index contributed by atoms with van der Waals surface area (Å²) in [6.45, 7) is 0.499. The normalized spacial score (nSPS) is 18.7. The van der Waals surface area contributed by atoms with Crippen LogP contribution in [-0.4, -0.2) is 27.2 Å². The van der Waals surface area contributed by atoms with Gasteiger partial charge >= 0.3 is 0 Å². The zero-order valence-corrected chi connectivity index (χ0v) is 11.1. The van der Waals surface area contributed by atoms with Gasteiger partial charge in [-0.05, 0) is 28.8 Å². The van der Waals surface area contributed by atoms with Gasteiger partial charge in [-0.1, -0.05) is 24.4 Å². The van der Waals surface area contributed by atoms with Crippen molar-refractivity contribution in [3.63, 3.8) is 0 Å². The second-order valence-electron chi connectivity index (χ2n) is 4.11. The van der Waals surface area contributed by atoms with Crippen molar-refractivity contribution in [3.8, 4) is 0 Å². The van der Waals surface area contributed by atoms with E-state index in [9.17, 15) is 5.11 Å². The predicted molar refractivity (Wildman–Crippen MR) is 66.6 cm³/mol. The SMILES string of the molecule is OC1(CNc2ncnc(Cl)c2Br)CCCC1. The third kappa shape index (κ3) is 2.64. The number of hydrogen-bond acceptors (Lipinski definition) is 4. The molecule has 6 heteroatoms. The van der Waals surface area contributed by atoms with E-state index in [2.05, 4.69) is 31.2 Å². The van der Waals surface area contributed by atoms with E-state index in [1.165, 1.54) is 6.33 Å². The molecule has 0 aromatic carbocycles. The third-order valence-electron chi connectivity index (χ3n) is 2.87. The Morgan fingerprint density at radius 3 is 2.81 bits per heavy atom. The van der Waals surface area contributed by atoms with Gasteiger partial charge in [-0.25, -0.2) is 9.97 Å². The molecule has 0 unspecified atom stereocenters. The highest BCUT2D eigenvalue weighted by Crippen LogP contribution is 2.31. The van der Waals surface area contributed by atoms with Crippen LogP contribution in [0.1, 0.15) is 25.7 Å². The summed E-state index contributed by atoms with van der Waals surface area (Å²) in [5.41, 5.74) is -0.600. The number of halogens is 2. The number of aliphatic hydroxyl groups is 1. The van der Waals surface area contributed by atoms with Crippen LogP contribution in [0.5, 0.6) is 0 Å². The summed E-state index contributed by atoms with van der Waals surface area (Å²) >= 11 is 9.15. The molecule has 4 nitrogen and oxygen atoms in total. The van der Waals surface area contributed by atoms with Gasteiger partial charge in [0.15, 0.2) is 0 Å². The Morgan fingerprint density at radius 1 is 1.44 bits per heavy atom. The van der Waals surface area contributed by atoms with E-state index in [1.807, 2.05) is 0 Å². The molecule has 0 amide bonds. The number of hydrogen-bond donors (Lipinski definition) is 2. The lowest BCUT2D eigenvalue weighted by Gasteiger charge is -2.22. The Morgan fingerprint density at radius 2 is 2.12 bits per heavy atom. The van der Waals surface area contributed by atoms with E-state index >= 15 is 0 Å². The minimum atomic E-state index is -0.600. The summed E-state index contributed by atoms with van der Waals surface area (Å²) in [6, 6.07) is 0. The van der Waals surface area contributed by atoms with Gasteiger partial charge in [0.2, 0.25) is 0 Å². The van der Waals surface area contributed by atoms with Gasteiger partial charge in [0, 0.05) is 6.54 Å². The van der Waals surface area contributed by atoms with Gasteiger partial charge < -0.3 is 10.4 Å². The molecule has 88 valence electrons. The highest BCUT2D eigenvalue weighted by molar-refractivity contribution is 9.10. The summed E-state index contributed by atoms with van der Waals surface area (Å²) in [5.74, 6) is 0.625. The lowest BCUT2D eigenvalue weighted by molar-refractivity contribution is 0.0614. The van der Waals surface area contributed by atoms with E-state index in [0.29, 0.717) is 22.0 Å². The maximum Gasteiger partial charge on any atom is 0.148 e. The Balaban J connectivity index is 2.02. The fourth-order valence-corrected chi connectivity index (χ4v) is 2.41. The average molecular weight is 307 g/mol. The highest BCUT2D eigenvalue weighted by Gasteiger charge is 2.31. The van der Waals surface area contributed by atoms with Crippen molar-refractivity contribution in [1.82, 2.24) is 9.97 Å². The maximum absolute atomic E-state index is 10.2. The summed E-state index contributed by atoms with van der Waals surface area (Å²) < 4.78 is 0.637. The lowest BCUT2D eigenvalue weighted by atomic mass is 10.0. The topological polar surface area (TPSA) is 58.0 Å². The first kappa shape index (κ1) is 12.1. The molecule has 0 radical (unpaired) electrons. The Labute approximate surface area is 108 Å². The van der Waals surface area contributed by atoms with Gasteiger partial charge in [0.1, 0.15) is 17.3 Å². The first-order valence-corrected chi connectivity index (χ1v) is 6.40. The average Bonchev–Trinajstić information content (AvgIpc) is 2.68. The third-order valence-corrected chi connectivity index (χ3v) is 4.13. The molecule has 1 fully saturated rings. The molecular formula is C10H13BrClN3O. The molecular weight excluding hydrogens is 293 g/mol. The number of nitrogens with one attached hydrogen (secondary N) is 1. The van der Waals surface area contributed by atoms with E-state index < -0.39 is 5.60 Å². The molecule has 2 N–H and O–H groups in total. The Kier molecular flexibility index (Phi) is 3.66. The molecule has 1 aliphatic rings. The van der Waals surface area contributed by atoms with Gasteiger partial charge in [0.05, 0.1) is 10.1 Å². The quantitative estimate of drug-likeness (QED) is 0.843. The first-order valence-electron chi connectivity index (χ1n) is 5.23. The summed E-state index contributed by atoms with van der Waals surface area (Å²) in [7, 11) is 0. The van der Waals surface area contributed by atoms with E-state index in [0.717, 1.165) is 25.7 Å². The standard InChI is InChI=1S/C10H13BrClN3O/c11-7-8(12)14-6-15-9(7)13-5-10(16)3-1-2-4-10/h6,16H,1-5H2,(H,13,14,15). The van der Waals surface area contributed by atoms with Gasteiger partial charge in [-0.15, -0.1) is 0 Å². The number of anilines is 1. The van der Waals surface area contributed by atoms with E-state index in [-0.39, 0.29) is 0 Å². The maximum atomic E-state index is 10.2. The first-order chi connectivity index (χ1) is 7.61. The molecule has 1 aliphatic carbocycles. The zero-order valence-electron chi connectivity index (χ0n) is 8.71. The molecule has 0 bridgehead atoms. The molecule has 0 spiro atoms. The lowest BCUT2D eigenvalue weighted by Crippen LogP contribution is -2.33. The second kappa shape index (κ2) is 4.85. The van der Waals surface area contributed by atoms with Crippen LogP contribution in [0.2, 0.25) is 5.15 Å². The molecule has 2 rings (SSSR count). The van der Waals surface area contributed by atoms with Crippen LogP contribution in [0.25, 0.3) is 0 Å². The molecule has 0 saturated heterocycles. The van der Waals surface area contributed by atoms with E-state index in [1.54, 1.807) is 0 Å². The fraction of sp³-hybridized carbons (Fsp3) is 0.600. The molecule has 16 heavy (non-hydrogen) atoms. The summed E-state index contributed by atoms with van der Waals surface area (Å²) in [6.07, 6.45) is 5.26. The van der Waals surface area contributed by atoms with Crippen LogP contribution in [0, 0.1) is 0 Å². The van der Waals surface area contributed by atoms with Gasteiger partial charge in [0.25, 0.3) is 0 Å². The zero-order chi connectivity index (χ0) is 11.6. The van der Waals surface area contributed by atoms with Crippen LogP contribution in [0.3, 0.4) is 0 Å². The summed E-state index contributed by atoms with van der Waals surface area (Å²) in [5, 5.41) is 13.6. The highest BCUT2D eigenvalue weighted by atomic mass is 79.9. The predicted octanol–water partition coefficient (Wildman–Crippen LogP) is 2.61. The van der Waals surface area contributed by atoms with Crippen molar-refractivity contribution in [2.24, 2.45) is 0 Å². The molecule has 1 saturated carbocycles. The molecule has 0 aliphatic heterocycles. The Bertz CT molecular complexity index is 382. The largest absolute Gasteiger partial charge is 0.388 e. The monoisotopic (exact) mass is 305 g/mol. The molecule has 1 aromatic heterocycles. The van der Waals surface area contributed by atoms with Crippen molar-refractivity contribution >= 4 is 33.3 Å². The number of aromatic nitrogens is 2. The van der Waals surface area contributed by atoms with Crippen molar-refractivity contribution in [2.75, 3.05) is 11.9 Å². The van der Waals surface area contributed by atoms with Crippen molar-refractivity contribution in [1.29, 1.82) is 0 Å². The molecule has 0 atom stereocenters. The van der Waals surface area contributed by atoms with Crippen LogP contribution in [-0.2, 0) is 0 Å². The minimum absolute atomic E-state index is 0.371. The van der Waals surface area contributed by atoms with Crippen LogP contribution in [0.15, 0.2) is 10.8 Å². The van der Waals surface area contributed by atoms with Gasteiger partial charge in [-0.2, -0.15) is 0 Å². The fourth-order valence-electron chi connectivity index (χ4n) is 1.93. The second-order valence-corrected chi connectivity index (χ2v) is 5.26. The van der Waals surface area contributed by atoms with Gasteiger partial charge in [-0.3, -0.25) is 0 Å². The Hall–Kier alpha value is -0.390.